The molecule has 0 saturated heterocycles. The number of hydrogen-bond acceptors (Lipinski definition) is 2. The van der Waals surface area contributed by atoms with Crippen LogP contribution in [-0.2, 0) is 0 Å². The van der Waals surface area contributed by atoms with Gasteiger partial charge in [-0.2, -0.15) is 9.37 Å². The van der Waals surface area contributed by atoms with Crippen molar-refractivity contribution in [2.24, 2.45) is 0 Å². The highest BCUT2D eigenvalue weighted by Crippen LogP contribution is 2.12. The van der Waals surface area contributed by atoms with Gasteiger partial charge in [0.1, 0.15) is 0 Å². The SMILES string of the molecule is Fc1nc(Br)ncc1Br. The molecule has 1 aromatic rings. The Morgan fingerprint density at radius 2 is 2.11 bits per heavy atom. The molecule has 1 rings (SSSR count). The zero-order chi connectivity index (χ0) is 6.85. The van der Waals surface area contributed by atoms with Gasteiger partial charge in [0.05, 0.1) is 4.47 Å². The van der Waals surface area contributed by atoms with Gasteiger partial charge in [-0.3, -0.25) is 0 Å². The van der Waals surface area contributed by atoms with Crippen LogP contribution in [0.2, 0.25) is 0 Å². The summed E-state index contributed by atoms with van der Waals surface area (Å²) < 4.78 is 12.9. The second-order valence-corrected chi connectivity index (χ2v) is 2.84. The molecule has 0 fully saturated rings. The Bertz CT molecular complexity index is 228. The molecule has 0 atom stereocenters. The Labute approximate surface area is 67.8 Å². The van der Waals surface area contributed by atoms with E-state index >= 15 is 0 Å². The molecule has 0 spiro atoms. The van der Waals surface area contributed by atoms with Gasteiger partial charge >= 0.3 is 0 Å². The van der Waals surface area contributed by atoms with Crippen LogP contribution in [0.25, 0.3) is 0 Å². The molecule has 48 valence electrons. The zero-order valence-electron chi connectivity index (χ0n) is 4.11. The van der Waals surface area contributed by atoms with Gasteiger partial charge in [-0.15, -0.1) is 0 Å². The van der Waals surface area contributed by atoms with Crippen molar-refractivity contribution in [3.8, 4) is 0 Å². The molecule has 5 heteroatoms. The highest BCUT2D eigenvalue weighted by Gasteiger charge is 1.99. The molecule has 0 amide bonds. The Kier molecular flexibility index (Phi) is 2.13. The van der Waals surface area contributed by atoms with E-state index < -0.39 is 5.95 Å². The lowest BCUT2D eigenvalue weighted by Gasteiger charge is -1.90. The van der Waals surface area contributed by atoms with Crippen LogP contribution in [0, 0.1) is 5.95 Å². The van der Waals surface area contributed by atoms with Gasteiger partial charge < -0.3 is 0 Å². The highest BCUT2D eigenvalue weighted by molar-refractivity contribution is 9.10. The van der Waals surface area contributed by atoms with Crippen molar-refractivity contribution in [1.29, 1.82) is 0 Å². The maximum Gasteiger partial charge on any atom is 0.231 e. The Balaban J connectivity index is 3.17. The van der Waals surface area contributed by atoms with E-state index in [1.807, 2.05) is 0 Å². The van der Waals surface area contributed by atoms with Gasteiger partial charge in [-0.05, 0) is 31.9 Å². The van der Waals surface area contributed by atoms with Crippen molar-refractivity contribution < 1.29 is 4.39 Å². The largest absolute Gasteiger partial charge is 0.231 e. The molecule has 0 bridgehead atoms. The first-order valence-electron chi connectivity index (χ1n) is 2.03. The van der Waals surface area contributed by atoms with Crippen molar-refractivity contribution in [3.63, 3.8) is 0 Å². The third-order valence-corrected chi connectivity index (χ3v) is 1.59. The van der Waals surface area contributed by atoms with Gasteiger partial charge in [-0.1, -0.05) is 0 Å². The summed E-state index contributed by atoms with van der Waals surface area (Å²) in [5.74, 6) is -0.558. The average Bonchev–Trinajstić information content (AvgIpc) is 1.80. The fourth-order valence-corrected chi connectivity index (χ4v) is 0.776. The number of halogens is 3. The average molecular weight is 256 g/mol. The lowest BCUT2D eigenvalue weighted by atomic mass is 10.7. The van der Waals surface area contributed by atoms with Gasteiger partial charge in [-0.25, -0.2) is 4.98 Å². The summed E-state index contributed by atoms with van der Waals surface area (Å²) in [4.78, 5) is 7.02. The predicted octanol–water partition coefficient (Wildman–Crippen LogP) is 2.14. The second-order valence-electron chi connectivity index (χ2n) is 1.28. The van der Waals surface area contributed by atoms with Gasteiger partial charge in [0, 0.05) is 6.20 Å². The van der Waals surface area contributed by atoms with Gasteiger partial charge in [0.15, 0.2) is 4.73 Å². The van der Waals surface area contributed by atoms with Crippen LogP contribution in [0.4, 0.5) is 4.39 Å². The Morgan fingerprint density at radius 3 is 2.56 bits per heavy atom. The fourth-order valence-electron chi connectivity index (χ4n) is 0.326. The predicted molar refractivity (Wildman–Crippen MR) is 37.4 cm³/mol. The van der Waals surface area contributed by atoms with Crippen molar-refractivity contribution >= 4 is 31.9 Å². The maximum absolute atomic E-state index is 12.4. The quantitative estimate of drug-likeness (QED) is 0.525. The number of rotatable bonds is 0. The summed E-state index contributed by atoms with van der Waals surface area (Å²) >= 11 is 5.82. The monoisotopic (exact) mass is 254 g/mol. The summed E-state index contributed by atoms with van der Waals surface area (Å²) in [6.45, 7) is 0. The van der Waals surface area contributed by atoms with Crippen LogP contribution in [0.1, 0.15) is 0 Å². The molecule has 0 saturated carbocycles. The van der Waals surface area contributed by atoms with E-state index in [1.165, 1.54) is 6.20 Å². The van der Waals surface area contributed by atoms with Gasteiger partial charge in [0.25, 0.3) is 0 Å². The third kappa shape index (κ3) is 1.69. The van der Waals surface area contributed by atoms with Gasteiger partial charge in [0.2, 0.25) is 5.95 Å². The van der Waals surface area contributed by atoms with E-state index in [9.17, 15) is 4.39 Å². The van der Waals surface area contributed by atoms with Crippen molar-refractivity contribution in [2.75, 3.05) is 0 Å². The first-order chi connectivity index (χ1) is 4.20. The van der Waals surface area contributed by atoms with E-state index in [4.69, 9.17) is 0 Å². The summed E-state index contributed by atoms with van der Waals surface area (Å²) in [5, 5.41) is 0. The standard InChI is InChI=1S/C4HBr2FN2/c5-2-1-8-4(6)9-3(2)7/h1H. The van der Waals surface area contributed by atoms with E-state index in [2.05, 4.69) is 41.8 Å². The molecule has 0 N–H and O–H groups in total. The third-order valence-electron chi connectivity index (χ3n) is 0.672. The molecule has 9 heavy (non-hydrogen) atoms. The van der Waals surface area contributed by atoms with E-state index in [-0.39, 0.29) is 9.21 Å². The van der Waals surface area contributed by atoms with Crippen LogP contribution >= 0.6 is 31.9 Å². The van der Waals surface area contributed by atoms with E-state index in [0.717, 1.165) is 0 Å². The summed E-state index contributed by atoms with van der Waals surface area (Å²) in [5.41, 5.74) is 0. The molecule has 0 aliphatic carbocycles. The lowest BCUT2D eigenvalue weighted by molar-refractivity contribution is 0.568. The molecule has 0 aliphatic rings. The van der Waals surface area contributed by atoms with Crippen molar-refractivity contribution in [2.45, 2.75) is 0 Å². The van der Waals surface area contributed by atoms with E-state index in [0.29, 0.717) is 0 Å². The Hall–Kier alpha value is -0.0300. The van der Waals surface area contributed by atoms with Crippen molar-refractivity contribution in [3.05, 3.63) is 21.4 Å². The first-order valence-corrected chi connectivity index (χ1v) is 3.62. The molecular weight excluding hydrogens is 255 g/mol. The number of hydrogen-bond donors (Lipinski definition) is 0. The van der Waals surface area contributed by atoms with Crippen LogP contribution in [0.15, 0.2) is 15.4 Å². The molecule has 0 aromatic carbocycles. The molecule has 1 aromatic heterocycles. The minimum absolute atomic E-state index is 0.253. The summed E-state index contributed by atoms with van der Waals surface area (Å²) in [6, 6.07) is 0. The number of aromatic nitrogens is 2. The topological polar surface area (TPSA) is 25.8 Å². The minimum Gasteiger partial charge on any atom is -0.229 e. The first kappa shape index (κ1) is 7.08. The maximum atomic E-state index is 12.4. The molecular formula is C4HBr2FN2. The molecule has 1 heterocycles. The highest BCUT2D eigenvalue weighted by atomic mass is 79.9. The smallest absolute Gasteiger partial charge is 0.229 e. The van der Waals surface area contributed by atoms with Crippen LogP contribution < -0.4 is 0 Å². The lowest BCUT2D eigenvalue weighted by Crippen LogP contribution is -1.87. The molecule has 2 nitrogen and oxygen atoms in total. The van der Waals surface area contributed by atoms with E-state index in [1.54, 1.807) is 0 Å². The van der Waals surface area contributed by atoms with Crippen LogP contribution in [-0.4, -0.2) is 9.97 Å². The molecule has 0 radical (unpaired) electrons. The Morgan fingerprint density at radius 1 is 1.44 bits per heavy atom. The van der Waals surface area contributed by atoms with Crippen molar-refractivity contribution in [1.82, 2.24) is 9.97 Å². The van der Waals surface area contributed by atoms with Crippen LogP contribution in [0.3, 0.4) is 0 Å². The zero-order valence-corrected chi connectivity index (χ0v) is 7.28. The molecule has 0 aliphatic heterocycles. The summed E-state index contributed by atoms with van der Waals surface area (Å²) in [6.07, 6.45) is 1.34. The summed E-state index contributed by atoms with van der Waals surface area (Å²) in [7, 11) is 0. The molecule has 0 unspecified atom stereocenters. The number of nitrogens with zero attached hydrogens (tertiary/aromatic N) is 2. The van der Waals surface area contributed by atoms with Crippen LogP contribution in [0.5, 0.6) is 0 Å². The minimum atomic E-state index is -0.558. The normalized spacial score (nSPS) is 9.67. The second kappa shape index (κ2) is 2.70. The fraction of sp³-hybridized carbons (Fsp3) is 0.